The van der Waals surface area contributed by atoms with Crippen LogP contribution in [0.25, 0.3) is 11.3 Å². The van der Waals surface area contributed by atoms with E-state index >= 15 is 0 Å². The molecule has 21 heavy (non-hydrogen) atoms. The number of aromatic nitrogens is 1. The lowest BCUT2D eigenvalue weighted by Crippen LogP contribution is -2.18. The Morgan fingerprint density at radius 3 is 2.57 bits per heavy atom. The van der Waals surface area contributed by atoms with E-state index in [1.54, 1.807) is 11.3 Å². The van der Waals surface area contributed by atoms with Gasteiger partial charge in [-0.3, -0.25) is 0 Å². The minimum atomic E-state index is 0.583. The molecule has 0 saturated heterocycles. The van der Waals surface area contributed by atoms with Crippen molar-refractivity contribution in [3.05, 3.63) is 40.2 Å². The van der Waals surface area contributed by atoms with Crippen molar-refractivity contribution in [3.8, 4) is 11.3 Å². The second-order valence-electron chi connectivity index (χ2n) is 5.76. The summed E-state index contributed by atoms with van der Waals surface area (Å²) in [6.45, 7) is 8.81. The molecule has 114 valence electrons. The fourth-order valence-electron chi connectivity index (χ4n) is 2.22. The smallest absolute Gasteiger partial charge is 0.0945 e. The van der Waals surface area contributed by atoms with Gasteiger partial charge < -0.3 is 5.32 Å². The molecule has 1 aromatic carbocycles. The average Bonchev–Trinajstić information content (AvgIpc) is 2.96. The number of nitrogens with one attached hydrogen (secondary N) is 1. The number of benzene rings is 1. The third-order valence-corrected chi connectivity index (χ3v) is 4.56. The third-order valence-electron chi connectivity index (χ3n) is 3.65. The summed E-state index contributed by atoms with van der Waals surface area (Å²) >= 11 is 1.77. The number of hydrogen-bond acceptors (Lipinski definition) is 3. The molecule has 0 aliphatic rings. The van der Waals surface area contributed by atoms with Crippen LogP contribution in [0.3, 0.4) is 0 Å². The predicted octanol–water partition coefficient (Wildman–Crippen LogP) is 4.87. The van der Waals surface area contributed by atoms with Crippen molar-refractivity contribution < 1.29 is 0 Å². The van der Waals surface area contributed by atoms with E-state index in [0.717, 1.165) is 25.2 Å². The third kappa shape index (κ3) is 4.94. The Balaban J connectivity index is 1.90. The first-order chi connectivity index (χ1) is 10.2. The van der Waals surface area contributed by atoms with E-state index < -0.39 is 0 Å². The minimum Gasteiger partial charge on any atom is -0.316 e. The summed E-state index contributed by atoms with van der Waals surface area (Å²) in [6.07, 6.45) is 3.53. The van der Waals surface area contributed by atoms with E-state index in [0.29, 0.717) is 5.92 Å². The van der Waals surface area contributed by atoms with Crippen LogP contribution in [0.1, 0.15) is 50.1 Å². The normalized spacial score (nSPS) is 11.2. The van der Waals surface area contributed by atoms with Crippen molar-refractivity contribution >= 4 is 11.3 Å². The molecule has 3 heteroatoms. The first-order valence-electron chi connectivity index (χ1n) is 7.96. The highest BCUT2D eigenvalue weighted by molar-refractivity contribution is 7.09. The Bertz CT molecular complexity index is 528. The quantitative estimate of drug-likeness (QED) is 0.704. The standard InChI is InChI=1S/C18H26N2S/c1-4-5-11-19-12-10-18-20-17(13-21-18)16-8-6-15(7-9-16)14(2)3/h6-9,13-14,19H,4-5,10-12H2,1-3H3. The lowest BCUT2D eigenvalue weighted by atomic mass is 10.0. The van der Waals surface area contributed by atoms with E-state index in [2.05, 4.69) is 55.7 Å². The molecule has 1 N–H and O–H groups in total. The maximum atomic E-state index is 4.75. The molecule has 0 bridgehead atoms. The summed E-state index contributed by atoms with van der Waals surface area (Å²) in [6, 6.07) is 8.80. The van der Waals surface area contributed by atoms with Gasteiger partial charge in [-0.15, -0.1) is 11.3 Å². The molecule has 2 rings (SSSR count). The molecule has 2 nitrogen and oxygen atoms in total. The summed E-state index contributed by atoms with van der Waals surface area (Å²) in [5.41, 5.74) is 3.72. The van der Waals surface area contributed by atoms with Crippen LogP contribution in [0.5, 0.6) is 0 Å². The van der Waals surface area contributed by atoms with Crippen LogP contribution in [0.2, 0.25) is 0 Å². The molecule has 0 spiro atoms. The van der Waals surface area contributed by atoms with Crippen LogP contribution in [0.15, 0.2) is 29.6 Å². The summed E-state index contributed by atoms with van der Waals surface area (Å²) in [4.78, 5) is 4.75. The Morgan fingerprint density at radius 1 is 1.14 bits per heavy atom. The highest BCUT2D eigenvalue weighted by Gasteiger charge is 2.05. The van der Waals surface area contributed by atoms with E-state index in [9.17, 15) is 0 Å². The number of thiazole rings is 1. The van der Waals surface area contributed by atoms with Gasteiger partial charge in [-0.25, -0.2) is 4.98 Å². The SMILES string of the molecule is CCCCNCCc1nc(-c2ccc(C(C)C)cc2)cs1. The molecule has 2 aromatic rings. The molecule has 1 aromatic heterocycles. The summed E-state index contributed by atoms with van der Waals surface area (Å²) in [5.74, 6) is 0.583. The lowest BCUT2D eigenvalue weighted by Gasteiger charge is -2.05. The average molecular weight is 302 g/mol. The maximum absolute atomic E-state index is 4.75. The van der Waals surface area contributed by atoms with Crippen LogP contribution >= 0.6 is 11.3 Å². The topological polar surface area (TPSA) is 24.9 Å². The van der Waals surface area contributed by atoms with Crippen LogP contribution in [0, 0.1) is 0 Å². The largest absolute Gasteiger partial charge is 0.316 e. The number of nitrogens with zero attached hydrogens (tertiary/aromatic N) is 1. The van der Waals surface area contributed by atoms with E-state index in [1.165, 1.54) is 29.0 Å². The van der Waals surface area contributed by atoms with E-state index in [-0.39, 0.29) is 0 Å². The first-order valence-corrected chi connectivity index (χ1v) is 8.84. The van der Waals surface area contributed by atoms with Gasteiger partial charge >= 0.3 is 0 Å². The zero-order chi connectivity index (χ0) is 15.1. The fourth-order valence-corrected chi connectivity index (χ4v) is 3.03. The Morgan fingerprint density at radius 2 is 1.90 bits per heavy atom. The van der Waals surface area contributed by atoms with Gasteiger partial charge in [-0.05, 0) is 24.4 Å². The number of hydrogen-bond donors (Lipinski definition) is 1. The molecule has 0 amide bonds. The zero-order valence-corrected chi connectivity index (χ0v) is 14.2. The second kappa shape index (κ2) is 8.30. The Hall–Kier alpha value is -1.19. The maximum Gasteiger partial charge on any atom is 0.0945 e. The van der Waals surface area contributed by atoms with Gasteiger partial charge in [0.1, 0.15) is 0 Å². The number of rotatable bonds is 8. The summed E-state index contributed by atoms with van der Waals surface area (Å²) in [7, 11) is 0. The van der Waals surface area contributed by atoms with Gasteiger partial charge in [0.15, 0.2) is 0 Å². The van der Waals surface area contributed by atoms with Crippen LogP contribution < -0.4 is 5.32 Å². The van der Waals surface area contributed by atoms with Gasteiger partial charge in [0.25, 0.3) is 0 Å². The molecule has 0 unspecified atom stereocenters. The van der Waals surface area contributed by atoms with Crippen LogP contribution in [-0.2, 0) is 6.42 Å². The zero-order valence-electron chi connectivity index (χ0n) is 13.4. The summed E-state index contributed by atoms with van der Waals surface area (Å²) < 4.78 is 0. The second-order valence-corrected chi connectivity index (χ2v) is 6.70. The van der Waals surface area contributed by atoms with Crippen molar-refractivity contribution in [2.24, 2.45) is 0 Å². The first kappa shape index (κ1) is 16.2. The van der Waals surface area contributed by atoms with Crippen molar-refractivity contribution in [1.29, 1.82) is 0 Å². The van der Waals surface area contributed by atoms with Crippen molar-refractivity contribution in [1.82, 2.24) is 10.3 Å². The van der Waals surface area contributed by atoms with Crippen LogP contribution in [0.4, 0.5) is 0 Å². The molecule has 0 radical (unpaired) electrons. The molecule has 0 fully saturated rings. The van der Waals surface area contributed by atoms with Crippen LogP contribution in [-0.4, -0.2) is 18.1 Å². The van der Waals surface area contributed by atoms with Gasteiger partial charge in [0.2, 0.25) is 0 Å². The van der Waals surface area contributed by atoms with Gasteiger partial charge in [0, 0.05) is 23.9 Å². The van der Waals surface area contributed by atoms with Gasteiger partial charge in [-0.1, -0.05) is 51.5 Å². The van der Waals surface area contributed by atoms with Crippen molar-refractivity contribution in [2.45, 2.75) is 46.0 Å². The Labute approximate surface area is 132 Å². The molecule has 0 atom stereocenters. The number of unbranched alkanes of at least 4 members (excludes halogenated alkanes) is 1. The predicted molar refractivity (Wildman–Crippen MR) is 93.1 cm³/mol. The van der Waals surface area contributed by atoms with Gasteiger partial charge in [-0.2, -0.15) is 0 Å². The van der Waals surface area contributed by atoms with E-state index in [1.807, 2.05) is 0 Å². The van der Waals surface area contributed by atoms with Gasteiger partial charge in [0.05, 0.1) is 10.7 Å². The minimum absolute atomic E-state index is 0.583. The molecule has 0 saturated carbocycles. The highest BCUT2D eigenvalue weighted by Crippen LogP contribution is 2.24. The molecule has 0 aliphatic heterocycles. The molecule has 1 heterocycles. The molecule has 0 aliphatic carbocycles. The van der Waals surface area contributed by atoms with Crippen molar-refractivity contribution in [2.75, 3.05) is 13.1 Å². The van der Waals surface area contributed by atoms with E-state index in [4.69, 9.17) is 4.98 Å². The summed E-state index contributed by atoms with van der Waals surface area (Å²) in [5, 5.41) is 6.87. The van der Waals surface area contributed by atoms with Crippen molar-refractivity contribution in [3.63, 3.8) is 0 Å². The molecular weight excluding hydrogens is 276 g/mol. The lowest BCUT2D eigenvalue weighted by molar-refractivity contribution is 0.639. The fraction of sp³-hybridized carbons (Fsp3) is 0.500. The monoisotopic (exact) mass is 302 g/mol. The molecular formula is C18H26N2S. The Kier molecular flexibility index (Phi) is 6.40. The highest BCUT2D eigenvalue weighted by atomic mass is 32.1.